The Kier molecular flexibility index (Phi) is 10.7. The molecule has 5 atom stereocenters. The van der Waals surface area contributed by atoms with E-state index in [1.807, 2.05) is 31.2 Å². The second-order valence-electron chi connectivity index (χ2n) is 10.4. The SMILES string of the molecule is CC(=O)N[C@H]1[C@H](ON=C2C(=O)N(CCOc3ccccc3C)c3ccccc32)O[C@H](COC(C)=O)[C@@H](OC(C)=O)[C@@H]1OC(C)=O. The lowest BCUT2D eigenvalue weighted by Gasteiger charge is -2.43. The first-order valence-electron chi connectivity index (χ1n) is 14.2. The normalized spacial score (nSPS) is 23.1. The van der Waals surface area contributed by atoms with Crippen LogP contribution in [0.1, 0.15) is 38.8 Å². The van der Waals surface area contributed by atoms with Crippen LogP contribution in [0.15, 0.2) is 53.7 Å². The van der Waals surface area contributed by atoms with Gasteiger partial charge in [-0.25, -0.2) is 0 Å². The molecule has 14 nitrogen and oxygen atoms in total. The van der Waals surface area contributed by atoms with Crippen molar-refractivity contribution in [2.75, 3.05) is 24.7 Å². The van der Waals surface area contributed by atoms with Crippen LogP contribution < -0.4 is 15.0 Å². The summed E-state index contributed by atoms with van der Waals surface area (Å²) in [5.41, 5.74) is 1.98. The van der Waals surface area contributed by atoms with E-state index in [0.717, 1.165) is 19.4 Å². The fourth-order valence-electron chi connectivity index (χ4n) is 5.02. The van der Waals surface area contributed by atoms with Crippen LogP contribution in [0.2, 0.25) is 0 Å². The molecular weight excluding hydrogens is 590 g/mol. The molecule has 45 heavy (non-hydrogen) atoms. The van der Waals surface area contributed by atoms with Crippen molar-refractivity contribution in [3.63, 3.8) is 0 Å². The van der Waals surface area contributed by atoms with Crippen LogP contribution >= 0.6 is 0 Å². The molecule has 1 saturated heterocycles. The van der Waals surface area contributed by atoms with Crippen LogP contribution in [-0.2, 0) is 47.8 Å². The van der Waals surface area contributed by atoms with Gasteiger partial charge in [-0.2, -0.15) is 0 Å². The third kappa shape index (κ3) is 8.15. The van der Waals surface area contributed by atoms with Crippen molar-refractivity contribution in [1.29, 1.82) is 0 Å². The lowest BCUT2D eigenvalue weighted by Crippen LogP contribution is -2.66. The number of para-hydroxylation sites is 2. The number of carbonyl (C=O) groups excluding carboxylic acids is 5. The Morgan fingerprint density at radius 2 is 1.58 bits per heavy atom. The van der Waals surface area contributed by atoms with Crippen LogP contribution in [0, 0.1) is 6.92 Å². The van der Waals surface area contributed by atoms with Crippen molar-refractivity contribution < 1.29 is 52.5 Å². The third-order valence-corrected chi connectivity index (χ3v) is 6.88. The number of benzene rings is 2. The van der Waals surface area contributed by atoms with Gasteiger partial charge in [0.25, 0.3) is 12.2 Å². The van der Waals surface area contributed by atoms with Crippen molar-refractivity contribution in [2.24, 2.45) is 5.16 Å². The first-order valence-corrected chi connectivity index (χ1v) is 14.2. The van der Waals surface area contributed by atoms with E-state index in [0.29, 0.717) is 17.0 Å². The summed E-state index contributed by atoms with van der Waals surface area (Å²) < 4.78 is 27.8. The van der Waals surface area contributed by atoms with Gasteiger partial charge in [0.05, 0.1) is 12.2 Å². The zero-order chi connectivity index (χ0) is 32.7. The monoisotopic (exact) mass is 625 g/mol. The predicted octanol–water partition coefficient (Wildman–Crippen LogP) is 1.80. The predicted molar refractivity (Wildman–Crippen MR) is 157 cm³/mol. The molecule has 2 aromatic carbocycles. The molecule has 0 bridgehead atoms. The number of hydrogen-bond acceptors (Lipinski definition) is 12. The average Bonchev–Trinajstić information content (AvgIpc) is 3.24. The highest BCUT2D eigenvalue weighted by atomic mass is 16.8. The average molecular weight is 626 g/mol. The Morgan fingerprint density at radius 3 is 2.24 bits per heavy atom. The summed E-state index contributed by atoms with van der Waals surface area (Å²) in [6, 6.07) is 13.3. The van der Waals surface area contributed by atoms with E-state index in [2.05, 4.69) is 10.5 Å². The van der Waals surface area contributed by atoms with Crippen molar-refractivity contribution in [3.8, 4) is 5.75 Å². The number of oxime groups is 1. The number of rotatable bonds is 11. The molecule has 2 heterocycles. The molecule has 0 saturated carbocycles. The zero-order valence-electron chi connectivity index (χ0n) is 25.5. The quantitative estimate of drug-likeness (QED) is 0.220. The van der Waals surface area contributed by atoms with Crippen LogP contribution in [0.25, 0.3) is 0 Å². The van der Waals surface area contributed by atoms with E-state index >= 15 is 0 Å². The fraction of sp³-hybridized carbons (Fsp3) is 0.419. The van der Waals surface area contributed by atoms with Gasteiger partial charge < -0.3 is 38.7 Å². The Balaban J connectivity index is 1.62. The van der Waals surface area contributed by atoms with E-state index < -0.39 is 67.0 Å². The highest BCUT2D eigenvalue weighted by molar-refractivity contribution is 6.54. The summed E-state index contributed by atoms with van der Waals surface area (Å²) in [6.45, 7) is 6.58. The van der Waals surface area contributed by atoms with E-state index in [1.165, 1.54) is 18.7 Å². The largest absolute Gasteiger partial charge is 0.491 e. The highest BCUT2D eigenvalue weighted by Gasteiger charge is 2.52. The summed E-state index contributed by atoms with van der Waals surface area (Å²) in [7, 11) is 0. The summed E-state index contributed by atoms with van der Waals surface area (Å²) in [6.07, 6.45) is -5.31. The van der Waals surface area contributed by atoms with Crippen LogP contribution in [0.5, 0.6) is 5.75 Å². The molecule has 1 fully saturated rings. The van der Waals surface area contributed by atoms with Gasteiger partial charge in [-0.3, -0.25) is 24.0 Å². The number of carbonyl (C=O) groups is 5. The highest BCUT2D eigenvalue weighted by Crippen LogP contribution is 2.31. The molecule has 14 heteroatoms. The van der Waals surface area contributed by atoms with Crippen LogP contribution in [0.4, 0.5) is 5.69 Å². The molecule has 240 valence electrons. The molecule has 2 aromatic rings. The van der Waals surface area contributed by atoms with Gasteiger partial charge >= 0.3 is 17.9 Å². The summed E-state index contributed by atoms with van der Waals surface area (Å²) in [5, 5.41) is 6.73. The first-order chi connectivity index (χ1) is 21.5. The molecule has 2 aliphatic rings. The van der Waals surface area contributed by atoms with Crippen LogP contribution in [-0.4, -0.2) is 85.8 Å². The topological polar surface area (TPSA) is 168 Å². The number of anilines is 1. The number of ether oxygens (including phenoxy) is 5. The molecule has 4 rings (SSSR count). The van der Waals surface area contributed by atoms with Gasteiger partial charge in [0, 0.05) is 33.3 Å². The van der Waals surface area contributed by atoms with Crippen LogP contribution in [0.3, 0.4) is 0 Å². The maximum absolute atomic E-state index is 13.6. The fourth-order valence-corrected chi connectivity index (χ4v) is 5.02. The van der Waals surface area contributed by atoms with Gasteiger partial charge in [-0.05, 0) is 24.6 Å². The number of nitrogens with zero attached hydrogens (tertiary/aromatic N) is 2. The summed E-state index contributed by atoms with van der Waals surface area (Å²) >= 11 is 0. The minimum absolute atomic E-state index is 0.0469. The van der Waals surface area contributed by atoms with Gasteiger partial charge in [0.2, 0.25) is 5.91 Å². The Labute approximate surface area is 259 Å². The standard InChI is InChI=1S/C31H35N3O11/c1-17-10-6-9-13-24(17)40-15-14-34-23-12-8-7-11-22(23)26(30(34)39)33-45-31-27(32-18(2)35)29(43-21(5)38)28(42-20(4)37)25(44-31)16-41-19(3)36/h6-13,25,27-29,31H,14-16H2,1-5H3,(H,32,35)/t25-,27-,28-,29-,31+/m1/s1. The van der Waals surface area contributed by atoms with Crippen molar-refractivity contribution in [3.05, 3.63) is 59.7 Å². The van der Waals surface area contributed by atoms with Gasteiger partial charge in [-0.15, -0.1) is 0 Å². The third-order valence-electron chi connectivity index (χ3n) is 6.88. The molecule has 2 aliphatic heterocycles. The maximum atomic E-state index is 13.6. The van der Waals surface area contributed by atoms with Crippen molar-refractivity contribution in [2.45, 2.75) is 65.3 Å². The lowest BCUT2D eigenvalue weighted by atomic mass is 9.96. The van der Waals surface area contributed by atoms with Crippen molar-refractivity contribution >= 4 is 41.1 Å². The van der Waals surface area contributed by atoms with E-state index in [1.54, 1.807) is 24.3 Å². The smallest absolute Gasteiger partial charge is 0.303 e. The molecule has 1 N–H and O–H groups in total. The number of esters is 3. The Hall–Kier alpha value is -4.98. The Morgan fingerprint density at radius 1 is 0.911 bits per heavy atom. The lowest BCUT2D eigenvalue weighted by molar-refractivity contribution is -0.278. The number of fused-ring (bicyclic) bond motifs is 1. The Bertz CT molecular complexity index is 1480. The number of nitrogens with one attached hydrogen (secondary N) is 1. The van der Waals surface area contributed by atoms with E-state index in [-0.39, 0.29) is 18.9 Å². The second-order valence-corrected chi connectivity index (χ2v) is 10.4. The van der Waals surface area contributed by atoms with Gasteiger partial charge in [0.1, 0.15) is 31.1 Å². The summed E-state index contributed by atoms with van der Waals surface area (Å²) in [5.74, 6) is -2.47. The summed E-state index contributed by atoms with van der Waals surface area (Å²) in [4.78, 5) is 68.7. The second kappa shape index (κ2) is 14.7. The molecule has 0 radical (unpaired) electrons. The molecule has 0 spiro atoms. The first kappa shape index (κ1) is 32.9. The molecule has 0 unspecified atom stereocenters. The molecular formula is C31H35N3O11. The van der Waals surface area contributed by atoms with E-state index in [9.17, 15) is 24.0 Å². The molecule has 2 amide bonds. The number of aryl methyl sites for hydroxylation is 1. The minimum Gasteiger partial charge on any atom is -0.491 e. The maximum Gasteiger partial charge on any atom is 0.303 e. The zero-order valence-corrected chi connectivity index (χ0v) is 25.5. The van der Waals surface area contributed by atoms with E-state index in [4.69, 9.17) is 28.5 Å². The van der Waals surface area contributed by atoms with Gasteiger partial charge in [-0.1, -0.05) is 41.6 Å². The number of amides is 2. The minimum atomic E-state index is -1.48. The number of hydrogen-bond donors (Lipinski definition) is 1. The molecule has 0 aromatic heterocycles. The van der Waals surface area contributed by atoms with Gasteiger partial charge in [0.15, 0.2) is 17.9 Å². The van der Waals surface area contributed by atoms with Crippen molar-refractivity contribution in [1.82, 2.24) is 5.32 Å². The molecule has 0 aliphatic carbocycles.